The van der Waals surface area contributed by atoms with Gasteiger partial charge in [-0.25, -0.2) is 24.4 Å². The zero-order valence-corrected chi connectivity index (χ0v) is 55.1. The van der Waals surface area contributed by atoms with Gasteiger partial charge in [-0.05, 0) is 122 Å². The number of nitrogens with zero attached hydrogens (tertiary/aromatic N) is 5. The monoisotopic (exact) mass is 1300 g/mol. The number of halogens is 2. The van der Waals surface area contributed by atoms with Crippen molar-refractivity contribution < 1.29 is 28.3 Å². The molecule has 0 fully saturated rings. The van der Waals surface area contributed by atoms with Crippen molar-refractivity contribution in [1.29, 1.82) is 0 Å². The average Bonchev–Trinajstić information content (AvgIpc) is 0.836. The highest BCUT2D eigenvalue weighted by molar-refractivity contribution is 6.30. The second kappa shape index (κ2) is 31.3. The van der Waals surface area contributed by atoms with E-state index < -0.39 is 30.0 Å². The van der Waals surface area contributed by atoms with Crippen molar-refractivity contribution >= 4 is 87.0 Å². The van der Waals surface area contributed by atoms with E-state index in [-0.39, 0.29) is 41.0 Å². The maximum Gasteiger partial charge on any atom is 0.194 e. The van der Waals surface area contributed by atoms with Gasteiger partial charge in [0.05, 0.1) is 29.9 Å². The maximum atomic E-state index is 14.2. The Morgan fingerprint density at radius 2 is 0.781 bits per heavy atom. The number of aliphatic imine (C=N–C) groups is 4. The molecule has 96 heavy (non-hydrogen) atoms. The van der Waals surface area contributed by atoms with E-state index in [4.69, 9.17) is 39.3 Å². The predicted molar refractivity (Wildman–Crippen MR) is 383 cm³/mol. The Bertz CT molecular complexity index is 4470. The molecular weight excluding hydrogens is 1230 g/mol. The second-order valence-corrected chi connectivity index (χ2v) is 23.3. The minimum Gasteiger partial charge on any atom is -0.497 e. The lowest BCUT2D eigenvalue weighted by Crippen LogP contribution is -2.37. The molecule has 12 N–H and O–H groups in total. The number of ether oxygens (including phenoxy) is 1. The number of carbonyl (C=O) groups excluding carboxylic acids is 4. The summed E-state index contributed by atoms with van der Waals surface area (Å²) < 4.78 is 19.6. The minimum atomic E-state index is -0.759. The van der Waals surface area contributed by atoms with Gasteiger partial charge in [-0.15, -0.1) is 0 Å². The molecule has 488 valence electrons. The standard InChI is InChI=1S/C20H22N4O.C20H21N3O2.C18H16ClN3O.C18H16FN3O/c1-13(25)17-18(14-7-5-4-6-8-14)22-20(21)23-19(17)15-9-11-16(12-10-15)24(2)3;1-12-9-15(11-16(10-12)25-3)19-17(13(2)24)18(22-20(21)23-19)14-7-5-4-6-8-14;1-11(23)15-16(12-6-3-2-4-7-12)21-18(20)22-17(15)13-8-5-9-14(19)10-13;1-11(23)15-16(12-7-3-2-4-8-12)21-18(20)22-17(15)13-9-5-6-10-14(13)19/h4-12,19H,1-3H3,(H3,21,22,23);4-11,19H,1-3H3,(H3,21,22,23);2*2-10,17H,1H3,(H3,20,21,22). The smallest absolute Gasteiger partial charge is 0.194 e. The first kappa shape index (κ1) is 68.7. The van der Waals surface area contributed by atoms with Gasteiger partial charge < -0.3 is 53.8 Å². The summed E-state index contributed by atoms with van der Waals surface area (Å²) in [7, 11) is 5.60. The summed E-state index contributed by atoms with van der Waals surface area (Å²) in [4.78, 5) is 69.2. The van der Waals surface area contributed by atoms with Gasteiger partial charge in [0.1, 0.15) is 35.7 Å². The molecule has 8 aromatic rings. The van der Waals surface area contributed by atoms with E-state index in [1.807, 2.05) is 202 Å². The summed E-state index contributed by atoms with van der Waals surface area (Å²) in [6.45, 7) is 8.09. The van der Waals surface area contributed by atoms with E-state index in [0.29, 0.717) is 55.9 Å². The Kier molecular flexibility index (Phi) is 22.4. The van der Waals surface area contributed by atoms with Crippen LogP contribution in [-0.2, 0) is 19.2 Å². The third-order valence-corrected chi connectivity index (χ3v) is 16.0. The Balaban J connectivity index is 0.000000150. The molecule has 8 aromatic carbocycles. The fraction of sp³-hybridized carbons (Fsp3) is 0.158. The highest BCUT2D eigenvalue weighted by Gasteiger charge is 2.34. The molecule has 0 saturated carbocycles. The van der Waals surface area contributed by atoms with Crippen molar-refractivity contribution in [1.82, 2.24) is 21.3 Å². The maximum absolute atomic E-state index is 14.2. The van der Waals surface area contributed by atoms with Gasteiger partial charge in [-0.3, -0.25) is 19.2 Å². The third-order valence-electron chi connectivity index (χ3n) is 15.7. The fourth-order valence-electron chi connectivity index (χ4n) is 11.4. The average molecular weight is 1300 g/mol. The summed E-state index contributed by atoms with van der Waals surface area (Å²) in [6, 6.07) is 63.7. The quantitative estimate of drug-likeness (QED) is 0.0503. The predicted octanol–water partition coefficient (Wildman–Crippen LogP) is 11.8. The molecule has 0 amide bonds. The minimum absolute atomic E-state index is 0.0238. The first-order chi connectivity index (χ1) is 46.1. The first-order valence-electron chi connectivity index (χ1n) is 30.7. The Labute approximate surface area is 562 Å². The molecule has 4 aliphatic rings. The molecule has 0 spiro atoms. The van der Waals surface area contributed by atoms with Crippen LogP contribution in [-0.4, -0.2) is 68.2 Å². The number of hydrogen-bond acceptors (Lipinski definition) is 18. The number of Topliss-reactive ketones (excluding diaryl/α,β-unsaturated/α-hetero) is 4. The fourth-order valence-corrected chi connectivity index (χ4v) is 11.6. The lowest BCUT2D eigenvalue weighted by Gasteiger charge is -2.26. The SMILES string of the molecule is CC(=O)C1=C(c2ccccc2)NC(N)=NC1c1ccc(N(C)C)cc1.CC(=O)C1=C(c2ccccc2)NC(N)=NC1c1cccc(Cl)c1.CC(=O)C1=C(c2ccccc2)NC(N)=NC1c1ccccc1F.COc1cc(C)cc(C2N=C(N)NC(c3ccccc3)=C2C(C)=O)c1. The number of benzene rings is 8. The van der Waals surface area contributed by atoms with Gasteiger partial charge in [0.2, 0.25) is 0 Å². The van der Waals surface area contributed by atoms with Crippen LogP contribution in [0, 0.1) is 12.7 Å². The van der Waals surface area contributed by atoms with E-state index in [1.165, 1.54) is 19.9 Å². The van der Waals surface area contributed by atoms with E-state index in [2.05, 4.69) is 41.2 Å². The number of methoxy groups -OCH3 is 1. The summed E-state index contributed by atoms with van der Waals surface area (Å²) in [5.74, 6) is 1.03. The van der Waals surface area contributed by atoms with Crippen LogP contribution in [0.2, 0.25) is 5.02 Å². The molecule has 18 nitrogen and oxygen atoms in total. The van der Waals surface area contributed by atoms with Crippen LogP contribution in [0.15, 0.2) is 255 Å². The van der Waals surface area contributed by atoms with Gasteiger partial charge >= 0.3 is 0 Å². The van der Waals surface area contributed by atoms with Crippen LogP contribution < -0.4 is 53.8 Å². The van der Waals surface area contributed by atoms with Crippen molar-refractivity contribution in [2.75, 3.05) is 26.1 Å². The van der Waals surface area contributed by atoms with Crippen molar-refractivity contribution in [2.45, 2.75) is 58.8 Å². The van der Waals surface area contributed by atoms with E-state index >= 15 is 0 Å². The number of nitrogens with two attached hydrogens (primary N) is 4. The summed E-state index contributed by atoms with van der Waals surface area (Å²) in [5.41, 5.74) is 37.3. The Morgan fingerprint density at radius 1 is 0.427 bits per heavy atom. The van der Waals surface area contributed by atoms with Crippen LogP contribution in [0.1, 0.15) is 102 Å². The number of nitrogens with one attached hydrogen (secondary N) is 4. The number of rotatable bonds is 14. The Morgan fingerprint density at radius 3 is 1.15 bits per heavy atom. The molecule has 12 rings (SSSR count). The number of aryl methyl sites for hydroxylation is 1. The summed E-state index contributed by atoms with van der Waals surface area (Å²) in [5, 5.41) is 12.7. The highest BCUT2D eigenvalue weighted by atomic mass is 35.5. The molecule has 4 atom stereocenters. The summed E-state index contributed by atoms with van der Waals surface area (Å²) in [6.07, 6.45) is 0. The number of guanidine groups is 4. The zero-order valence-electron chi connectivity index (χ0n) is 54.4. The van der Waals surface area contributed by atoms with Gasteiger partial charge in [0.25, 0.3) is 0 Å². The lowest BCUT2D eigenvalue weighted by atomic mass is 9.90. The largest absolute Gasteiger partial charge is 0.497 e. The molecule has 4 heterocycles. The van der Waals surface area contributed by atoms with Gasteiger partial charge in [0.15, 0.2) is 47.0 Å². The summed E-state index contributed by atoms with van der Waals surface area (Å²) >= 11 is 6.08. The van der Waals surface area contributed by atoms with Crippen LogP contribution in [0.5, 0.6) is 5.75 Å². The number of anilines is 1. The van der Waals surface area contributed by atoms with Crippen LogP contribution in [0.25, 0.3) is 22.8 Å². The van der Waals surface area contributed by atoms with Gasteiger partial charge in [-0.2, -0.15) is 0 Å². The van der Waals surface area contributed by atoms with E-state index in [1.54, 1.807) is 51.3 Å². The normalized spacial score (nSPS) is 17.2. The van der Waals surface area contributed by atoms with Crippen molar-refractivity contribution in [2.24, 2.45) is 42.9 Å². The van der Waals surface area contributed by atoms with E-state index in [9.17, 15) is 23.6 Å². The molecule has 0 bridgehead atoms. The molecule has 20 heteroatoms. The molecule has 0 saturated heterocycles. The number of ketones is 4. The highest BCUT2D eigenvalue weighted by Crippen LogP contribution is 2.40. The van der Waals surface area contributed by atoms with E-state index in [0.717, 1.165) is 61.6 Å². The second-order valence-electron chi connectivity index (χ2n) is 22.9. The van der Waals surface area contributed by atoms with Crippen LogP contribution in [0.4, 0.5) is 10.1 Å². The molecule has 4 aliphatic heterocycles. The molecular formula is C76H75ClFN13O5. The molecule has 0 radical (unpaired) electrons. The van der Waals surface area contributed by atoms with Crippen molar-refractivity contribution in [3.63, 3.8) is 0 Å². The molecule has 0 aliphatic carbocycles. The number of hydrogen-bond donors (Lipinski definition) is 8. The van der Waals surface area contributed by atoms with Gasteiger partial charge in [-0.1, -0.05) is 181 Å². The van der Waals surface area contributed by atoms with Crippen molar-refractivity contribution in [3.05, 3.63) is 296 Å². The van der Waals surface area contributed by atoms with Crippen LogP contribution >= 0.6 is 11.6 Å². The van der Waals surface area contributed by atoms with Crippen molar-refractivity contribution in [3.8, 4) is 5.75 Å². The van der Waals surface area contributed by atoms with Crippen LogP contribution in [0.3, 0.4) is 0 Å². The Hall–Kier alpha value is -11.7. The molecule has 0 aromatic heterocycles. The topological polar surface area (TPSA) is 282 Å². The number of carbonyl (C=O) groups is 4. The zero-order chi connectivity index (χ0) is 68.7. The third kappa shape index (κ3) is 16.5. The van der Waals surface area contributed by atoms with Gasteiger partial charge in [0, 0.05) is 52.7 Å². The lowest BCUT2D eigenvalue weighted by molar-refractivity contribution is -0.114. The molecule has 4 unspecified atom stereocenters. The first-order valence-corrected chi connectivity index (χ1v) is 31.0.